The topological polar surface area (TPSA) is 61.3 Å². The van der Waals surface area contributed by atoms with Crippen LogP contribution in [0.2, 0.25) is 0 Å². The molecule has 0 spiro atoms. The third-order valence-corrected chi connectivity index (χ3v) is 3.61. The summed E-state index contributed by atoms with van der Waals surface area (Å²) in [5.74, 6) is 1.68. The Labute approximate surface area is 111 Å². The fraction of sp³-hybridized carbons (Fsp3) is 0.600. The molecule has 18 heavy (non-hydrogen) atoms. The Kier molecular flexibility index (Phi) is 6.16. The van der Waals surface area contributed by atoms with Crippen molar-refractivity contribution in [3.05, 3.63) is 29.3 Å². The molecule has 3 nitrogen and oxygen atoms in total. The van der Waals surface area contributed by atoms with Gasteiger partial charge in [0.2, 0.25) is 0 Å². The predicted octanol–water partition coefficient (Wildman–Crippen LogP) is 2.28. The van der Waals surface area contributed by atoms with Gasteiger partial charge in [-0.2, -0.15) is 0 Å². The molecule has 1 aromatic carbocycles. The van der Waals surface area contributed by atoms with Crippen LogP contribution in [0.5, 0.6) is 5.75 Å². The summed E-state index contributed by atoms with van der Waals surface area (Å²) in [7, 11) is 0. The Bertz CT molecular complexity index is 362. The molecule has 0 aliphatic rings. The lowest BCUT2D eigenvalue weighted by Crippen LogP contribution is -2.28. The normalized spacial score (nSPS) is 12.8. The minimum absolute atomic E-state index is 0.341. The zero-order valence-corrected chi connectivity index (χ0v) is 11.8. The zero-order valence-electron chi connectivity index (χ0n) is 11.8. The van der Waals surface area contributed by atoms with Gasteiger partial charge in [0.15, 0.2) is 0 Å². The van der Waals surface area contributed by atoms with Crippen LogP contribution in [0.15, 0.2) is 18.2 Å². The van der Waals surface area contributed by atoms with Crippen LogP contribution in [0, 0.1) is 5.92 Å². The number of rotatable bonds is 7. The molecule has 0 bridgehead atoms. The van der Waals surface area contributed by atoms with E-state index < -0.39 is 0 Å². The molecule has 1 atom stereocenters. The van der Waals surface area contributed by atoms with Crippen LogP contribution >= 0.6 is 0 Å². The summed E-state index contributed by atoms with van der Waals surface area (Å²) >= 11 is 0. The average molecular weight is 250 g/mol. The van der Waals surface area contributed by atoms with Crippen molar-refractivity contribution in [2.75, 3.05) is 19.7 Å². The van der Waals surface area contributed by atoms with E-state index in [0.717, 1.165) is 12.2 Å². The van der Waals surface area contributed by atoms with Crippen LogP contribution in [-0.4, -0.2) is 19.7 Å². The molecule has 0 heterocycles. The maximum absolute atomic E-state index is 5.79. The lowest BCUT2D eigenvalue weighted by atomic mass is 9.84. The van der Waals surface area contributed by atoms with Crippen LogP contribution < -0.4 is 16.2 Å². The molecule has 0 saturated heterocycles. The third-order valence-electron chi connectivity index (χ3n) is 3.61. The van der Waals surface area contributed by atoms with Crippen molar-refractivity contribution in [3.63, 3.8) is 0 Å². The molecule has 1 unspecified atom stereocenters. The van der Waals surface area contributed by atoms with Crippen LogP contribution in [0.25, 0.3) is 0 Å². The molecule has 4 N–H and O–H groups in total. The second-order valence-electron chi connectivity index (χ2n) is 4.67. The van der Waals surface area contributed by atoms with Gasteiger partial charge in [-0.1, -0.05) is 19.9 Å². The van der Waals surface area contributed by atoms with Gasteiger partial charge in [-0.3, -0.25) is 0 Å². The van der Waals surface area contributed by atoms with Crippen molar-refractivity contribution < 1.29 is 4.74 Å². The van der Waals surface area contributed by atoms with Crippen molar-refractivity contribution in [3.8, 4) is 5.75 Å². The van der Waals surface area contributed by atoms with Gasteiger partial charge in [0.1, 0.15) is 5.75 Å². The van der Waals surface area contributed by atoms with Gasteiger partial charge in [-0.05, 0) is 61.5 Å². The number of benzene rings is 1. The molecule has 1 rings (SSSR count). The highest BCUT2D eigenvalue weighted by Crippen LogP contribution is 2.29. The third kappa shape index (κ3) is 3.47. The van der Waals surface area contributed by atoms with E-state index in [1.54, 1.807) is 0 Å². The number of hydrogen-bond donors (Lipinski definition) is 2. The Morgan fingerprint density at radius 3 is 2.33 bits per heavy atom. The lowest BCUT2D eigenvalue weighted by Gasteiger charge is -2.24. The summed E-state index contributed by atoms with van der Waals surface area (Å²) in [5, 5.41) is 0. The van der Waals surface area contributed by atoms with Gasteiger partial charge < -0.3 is 16.2 Å². The molecule has 3 heteroatoms. The van der Waals surface area contributed by atoms with Gasteiger partial charge >= 0.3 is 0 Å². The number of aryl methyl sites for hydroxylation is 1. The Morgan fingerprint density at radius 2 is 1.83 bits per heavy atom. The van der Waals surface area contributed by atoms with Crippen LogP contribution in [0.4, 0.5) is 0 Å². The fourth-order valence-corrected chi connectivity index (χ4v) is 2.35. The van der Waals surface area contributed by atoms with Crippen molar-refractivity contribution in [2.24, 2.45) is 17.4 Å². The minimum Gasteiger partial charge on any atom is -0.494 e. The smallest absolute Gasteiger partial charge is 0.119 e. The van der Waals surface area contributed by atoms with Crippen LogP contribution in [-0.2, 0) is 6.42 Å². The molecular weight excluding hydrogens is 224 g/mol. The predicted molar refractivity (Wildman–Crippen MR) is 77.0 cm³/mol. The lowest BCUT2D eigenvalue weighted by molar-refractivity contribution is 0.339. The summed E-state index contributed by atoms with van der Waals surface area (Å²) in [6.07, 6.45) is 1.00. The molecule has 0 amide bonds. The van der Waals surface area contributed by atoms with E-state index in [1.165, 1.54) is 11.1 Å². The second kappa shape index (κ2) is 7.39. The first-order valence-corrected chi connectivity index (χ1v) is 6.83. The molecule has 0 radical (unpaired) electrons. The molecule has 102 valence electrons. The molecule has 1 aromatic rings. The highest BCUT2D eigenvalue weighted by molar-refractivity contribution is 5.38. The summed E-state index contributed by atoms with van der Waals surface area (Å²) < 4.78 is 5.55. The average Bonchev–Trinajstić information content (AvgIpc) is 2.40. The zero-order chi connectivity index (χ0) is 13.5. The van der Waals surface area contributed by atoms with E-state index >= 15 is 0 Å². The van der Waals surface area contributed by atoms with Crippen molar-refractivity contribution in [1.29, 1.82) is 0 Å². The molecule has 0 saturated carbocycles. The monoisotopic (exact) mass is 250 g/mol. The summed E-state index contributed by atoms with van der Waals surface area (Å²) in [6, 6.07) is 6.34. The number of ether oxygens (including phenoxy) is 1. The second-order valence-corrected chi connectivity index (χ2v) is 4.67. The number of hydrogen-bond acceptors (Lipinski definition) is 3. The summed E-state index contributed by atoms with van der Waals surface area (Å²) in [4.78, 5) is 0. The Morgan fingerprint density at radius 1 is 1.17 bits per heavy atom. The Balaban J connectivity index is 3.00. The van der Waals surface area contributed by atoms with Crippen molar-refractivity contribution in [1.82, 2.24) is 0 Å². The molecular formula is C15H26N2O. The SMILES string of the molecule is CCOc1ccc(C(C)C(CN)CN)c(CC)c1. The molecule has 0 aliphatic carbocycles. The molecule has 0 aromatic heterocycles. The van der Waals surface area contributed by atoms with Crippen molar-refractivity contribution >= 4 is 0 Å². The van der Waals surface area contributed by atoms with E-state index in [0.29, 0.717) is 31.5 Å². The van der Waals surface area contributed by atoms with Crippen LogP contribution in [0.1, 0.15) is 37.8 Å². The first kappa shape index (κ1) is 15.0. The Hall–Kier alpha value is -1.06. The van der Waals surface area contributed by atoms with E-state index in [-0.39, 0.29) is 0 Å². The minimum atomic E-state index is 0.341. The summed E-state index contributed by atoms with van der Waals surface area (Å²) in [6.45, 7) is 8.34. The maximum atomic E-state index is 5.79. The maximum Gasteiger partial charge on any atom is 0.119 e. The largest absolute Gasteiger partial charge is 0.494 e. The highest BCUT2D eigenvalue weighted by atomic mass is 16.5. The van der Waals surface area contributed by atoms with Gasteiger partial charge in [-0.15, -0.1) is 0 Å². The standard InChI is InChI=1S/C15H26N2O/c1-4-12-8-14(18-5-2)6-7-15(12)11(3)13(9-16)10-17/h6-8,11,13H,4-5,9-10,16-17H2,1-3H3. The van der Waals surface area contributed by atoms with E-state index in [4.69, 9.17) is 16.2 Å². The van der Waals surface area contributed by atoms with Crippen molar-refractivity contribution in [2.45, 2.75) is 33.1 Å². The van der Waals surface area contributed by atoms with Gasteiger partial charge in [0.25, 0.3) is 0 Å². The number of nitrogens with two attached hydrogens (primary N) is 2. The van der Waals surface area contributed by atoms with E-state index in [9.17, 15) is 0 Å². The van der Waals surface area contributed by atoms with E-state index in [2.05, 4.69) is 26.0 Å². The quantitative estimate of drug-likeness (QED) is 0.780. The van der Waals surface area contributed by atoms with Gasteiger partial charge in [0, 0.05) is 0 Å². The fourth-order valence-electron chi connectivity index (χ4n) is 2.35. The molecule has 0 fully saturated rings. The molecule has 0 aliphatic heterocycles. The van der Waals surface area contributed by atoms with Gasteiger partial charge in [-0.25, -0.2) is 0 Å². The van der Waals surface area contributed by atoms with E-state index in [1.807, 2.05) is 13.0 Å². The first-order chi connectivity index (χ1) is 8.67. The van der Waals surface area contributed by atoms with Gasteiger partial charge in [0.05, 0.1) is 6.61 Å². The summed E-state index contributed by atoms with van der Waals surface area (Å²) in [5.41, 5.74) is 14.3. The first-order valence-electron chi connectivity index (χ1n) is 6.83. The van der Waals surface area contributed by atoms with Crippen LogP contribution in [0.3, 0.4) is 0 Å². The highest BCUT2D eigenvalue weighted by Gasteiger charge is 2.18.